The Labute approximate surface area is 144 Å². The Hall–Kier alpha value is -2.54. The van der Waals surface area contributed by atoms with Gasteiger partial charge in [-0.15, -0.1) is 11.8 Å². The van der Waals surface area contributed by atoms with Crippen LogP contribution in [0, 0.1) is 17.0 Å². The SMILES string of the molecule is COc1ccc(SC(C)C(=O)Nc2cc([N+](=O)[O-])ccc2C)cc1. The van der Waals surface area contributed by atoms with Gasteiger partial charge in [-0.25, -0.2) is 0 Å². The smallest absolute Gasteiger partial charge is 0.271 e. The number of nitrogens with one attached hydrogen (secondary N) is 1. The molecule has 126 valence electrons. The van der Waals surface area contributed by atoms with E-state index in [1.807, 2.05) is 24.3 Å². The third-order valence-corrected chi connectivity index (χ3v) is 4.54. The largest absolute Gasteiger partial charge is 0.497 e. The number of anilines is 1. The molecule has 1 unspecified atom stereocenters. The van der Waals surface area contributed by atoms with Gasteiger partial charge < -0.3 is 10.1 Å². The number of methoxy groups -OCH3 is 1. The van der Waals surface area contributed by atoms with E-state index in [1.54, 1.807) is 27.0 Å². The van der Waals surface area contributed by atoms with Crippen LogP contribution in [-0.4, -0.2) is 23.2 Å². The summed E-state index contributed by atoms with van der Waals surface area (Å²) in [6, 6.07) is 11.8. The lowest BCUT2D eigenvalue weighted by Gasteiger charge is -2.13. The lowest BCUT2D eigenvalue weighted by atomic mass is 10.2. The molecule has 0 heterocycles. The van der Waals surface area contributed by atoms with Gasteiger partial charge in [0.25, 0.3) is 5.69 Å². The fourth-order valence-electron chi connectivity index (χ4n) is 2.00. The third kappa shape index (κ3) is 4.48. The zero-order valence-electron chi connectivity index (χ0n) is 13.6. The summed E-state index contributed by atoms with van der Waals surface area (Å²) >= 11 is 1.41. The predicted octanol–water partition coefficient (Wildman–Crippen LogP) is 4.03. The van der Waals surface area contributed by atoms with Crippen LogP contribution in [0.4, 0.5) is 11.4 Å². The Balaban J connectivity index is 2.05. The Morgan fingerprint density at radius 2 is 1.92 bits per heavy atom. The first kappa shape index (κ1) is 17.8. The van der Waals surface area contributed by atoms with Crippen LogP contribution in [-0.2, 0) is 4.79 Å². The monoisotopic (exact) mass is 346 g/mol. The van der Waals surface area contributed by atoms with Gasteiger partial charge in [-0.3, -0.25) is 14.9 Å². The first-order valence-corrected chi connectivity index (χ1v) is 8.15. The minimum absolute atomic E-state index is 0.0497. The summed E-state index contributed by atoms with van der Waals surface area (Å²) in [6.07, 6.45) is 0. The Kier molecular flexibility index (Phi) is 5.81. The molecule has 0 saturated heterocycles. The number of amides is 1. The molecule has 0 spiro atoms. The van der Waals surface area contributed by atoms with Gasteiger partial charge in [-0.1, -0.05) is 6.07 Å². The number of non-ortho nitro benzene ring substituents is 1. The molecule has 6 nitrogen and oxygen atoms in total. The number of rotatable bonds is 6. The molecule has 2 aromatic carbocycles. The second-order valence-corrected chi connectivity index (χ2v) is 6.60. The maximum absolute atomic E-state index is 12.3. The number of aryl methyl sites for hydroxylation is 1. The van der Waals surface area contributed by atoms with Gasteiger partial charge in [0.05, 0.1) is 23.0 Å². The molecule has 0 fully saturated rings. The van der Waals surface area contributed by atoms with Crippen molar-refractivity contribution in [2.45, 2.75) is 24.0 Å². The molecular weight excluding hydrogens is 328 g/mol. The van der Waals surface area contributed by atoms with E-state index in [9.17, 15) is 14.9 Å². The molecule has 1 atom stereocenters. The number of benzene rings is 2. The van der Waals surface area contributed by atoms with Gasteiger partial charge in [0.1, 0.15) is 5.75 Å². The van der Waals surface area contributed by atoms with Crippen molar-refractivity contribution in [1.29, 1.82) is 0 Å². The highest BCUT2D eigenvalue weighted by Gasteiger charge is 2.17. The summed E-state index contributed by atoms with van der Waals surface area (Å²) in [5.74, 6) is 0.545. The van der Waals surface area contributed by atoms with Crippen LogP contribution in [0.25, 0.3) is 0 Å². The van der Waals surface area contributed by atoms with E-state index in [2.05, 4.69) is 5.32 Å². The van der Waals surface area contributed by atoms with Crippen molar-refractivity contribution in [3.8, 4) is 5.75 Å². The van der Waals surface area contributed by atoms with E-state index in [0.29, 0.717) is 5.69 Å². The molecule has 0 aliphatic rings. The number of nitro groups is 1. The molecule has 0 aliphatic carbocycles. The lowest BCUT2D eigenvalue weighted by Crippen LogP contribution is -2.22. The second kappa shape index (κ2) is 7.83. The summed E-state index contributed by atoms with van der Waals surface area (Å²) in [5.41, 5.74) is 1.18. The summed E-state index contributed by atoms with van der Waals surface area (Å²) in [7, 11) is 1.60. The number of nitro benzene ring substituents is 1. The Morgan fingerprint density at radius 1 is 1.25 bits per heavy atom. The maximum atomic E-state index is 12.3. The van der Waals surface area contributed by atoms with Crippen molar-refractivity contribution in [3.05, 3.63) is 58.1 Å². The van der Waals surface area contributed by atoms with E-state index >= 15 is 0 Å². The van der Waals surface area contributed by atoms with Crippen LogP contribution in [0.1, 0.15) is 12.5 Å². The summed E-state index contributed by atoms with van der Waals surface area (Å²) in [5, 5.41) is 13.3. The fourth-order valence-corrected chi connectivity index (χ4v) is 2.87. The molecule has 0 saturated carbocycles. The van der Waals surface area contributed by atoms with Gasteiger partial charge in [0, 0.05) is 17.0 Å². The molecule has 1 N–H and O–H groups in total. The molecular formula is C17H18N2O4S. The van der Waals surface area contributed by atoms with E-state index < -0.39 is 4.92 Å². The van der Waals surface area contributed by atoms with Gasteiger partial charge in [-0.05, 0) is 43.7 Å². The average Bonchev–Trinajstić information content (AvgIpc) is 2.57. The zero-order valence-corrected chi connectivity index (χ0v) is 14.4. The highest BCUT2D eigenvalue weighted by Crippen LogP contribution is 2.27. The van der Waals surface area contributed by atoms with Gasteiger partial charge >= 0.3 is 0 Å². The molecule has 2 aromatic rings. The van der Waals surface area contributed by atoms with Crippen LogP contribution in [0.15, 0.2) is 47.4 Å². The van der Waals surface area contributed by atoms with E-state index in [4.69, 9.17) is 4.74 Å². The maximum Gasteiger partial charge on any atom is 0.271 e. The minimum atomic E-state index is -0.482. The standard InChI is InChI=1S/C17H18N2O4S/c1-11-4-5-13(19(21)22)10-16(11)18-17(20)12(2)24-15-8-6-14(23-3)7-9-15/h4-10,12H,1-3H3,(H,18,20). The van der Waals surface area contributed by atoms with Crippen molar-refractivity contribution in [2.75, 3.05) is 12.4 Å². The normalized spacial score (nSPS) is 11.6. The van der Waals surface area contributed by atoms with Crippen molar-refractivity contribution < 1.29 is 14.5 Å². The molecule has 0 bridgehead atoms. The minimum Gasteiger partial charge on any atom is -0.497 e. The highest BCUT2D eigenvalue weighted by molar-refractivity contribution is 8.00. The van der Waals surface area contributed by atoms with Crippen LogP contribution < -0.4 is 10.1 Å². The number of thioether (sulfide) groups is 1. The lowest BCUT2D eigenvalue weighted by molar-refractivity contribution is -0.384. The third-order valence-electron chi connectivity index (χ3n) is 3.43. The molecule has 0 radical (unpaired) electrons. The molecule has 7 heteroatoms. The van der Waals surface area contributed by atoms with E-state index in [-0.39, 0.29) is 16.8 Å². The fraction of sp³-hybridized carbons (Fsp3) is 0.235. The molecule has 2 rings (SSSR count). The molecule has 24 heavy (non-hydrogen) atoms. The summed E-state index contributed by atoms with van der Waals surface area (Å²) in [4.78, 5) is 23.7. The van der Waals surface area contributed by atoms with Crippen LogP contribution >= 0.6 is 11.8 Å². The predicted molar refractivity (Wildman–Crippen MR) is 94.8 cm³/mol. The van der Waals surface area contributed by atoms with Crippen LogP contribution in [0.2, 0.25) is 0 Å². The quantitative estimate of drug-likeness (QED) is 0.485. The van der Waals surface area contributed by atoms with Crippen molar-refractivity contribution in [2.24, 2.45) is 0 Å². The van der Waals surface area contributed by atoms with Crippen molar-refractivity contribution >= 4 is 29.0 Å². The number of ether oxygens (including phenoxy) is 1. The van der Waals surface area contributed by atoms with Crippen molar-refractivity contribution in [3.63, 3.8) is 0 Å². The number of carbonyl (C=O) groups is 1. The highest BCUT2D eigenvalue weighted by atomic mass is 32.2. The topological polar surface area (TPSA) is 81.5 Å². The van der Waals surface area contributed by atoms with Gasteiger partial charge in [0.15, 0.2) is 0 Å². The Morgan fingerprint density at radius 3 is 2.50 bits per heavy atom. The van der Waals surface area contributed by atoms with Gasteiger partial charge in [-0.2, -0.15) is 0 Å². The van der Waals surface area contributed by atoms with Gasteiger partial charge in [0.2, 0.25) is 5.91 Å². The number of hydrogen-bond donors (Lipinski definition) is 1. The van der Waals surface area contributed by atoms with E-state index in [1.165, 1.54) is 23.9 Å². The van der Waals surface area contributed by atoms with E-state index in [0.717, 1.165) is 16.2 Å². The van der Waals surface area contributed by atoms with Crippen LogP contribution in [0.5, 0.6) is 5.75 Å². The molecule has 0 aliphatic heterocycles. The zero-order chi connectivity index (χ0) is 17.7. The number of carbonyl (C=O) groups excluding carboxylic acids is 1. The Bertz CT molecular complexity index is 747. The first-order valence-electron chi connectivity index (χ1n) is 7.27. The molecule has 1 amide bonds. The molecule has 0 aromatic heterocycles. The average molecular weight is 346 g/mol. The first-order chi connectivity index (χ1) is 11.4. The summed E-state index contributed by atoms with van der Waals surface area (Å²) in [6.45, 7) is 3.58. The number of hydrogen-bond acceptors (Lipinski definition) is 5. The van der Waals surface area contributed by atoms with Crippen molar-refractivity contribution in [1.82, 2.24) is 0 Å². The number of nitrogens with zero attached hydrogens (tertiary/aromatic N) is 1. The summed E-state index contributed by atoms with van der Waals surface area (Å²) < 4.78 is 5.10. The van der Waals surface area contributed by atoms with Crippen LogP contribution in [0.3, 0.4) is 0 Å². The second-order valence-electron chi connectivity index (χ2n) is 5.18.